The molecule has 140 valence electrons. The van der Waals surface area contributed by atoms with Gasteiger partial charge in [-0.2, -0.15) is 0 Å². The van der Waals surface area contributed by atoms with Crippen LogP contribution in [0.2, 0.25) is 0 Å². The Morgan fingerprint density at radius 3 is 2.62 bits per heavy atom. The molecule has 7 nitrogen and oxygen atoms in total. The number of pyridine rings is 1. The van der Waals surface area contributed by atoms with Crippen LogP contribution in [-0.2, 0) is 11.3 Å². The average molecular weight is 359 g/mol. The highest BCUT2D eigenvalue weighted by molar-refractivity contribution is 5.83. The smallest absolute Gasteiger partial charge is 0.404 e. The Hall–Kier alpha value is -2.54. The van der Waals surface area contributed by atoms with Gasteiger partial charge in [0.1, 0.15) is 11.9 Å². The van der Waals surface area contributed by atoms with E-state index in [1.807, 2.05) is 25.1 Å². The number of nitrogens with two attached hydrogens (primary N) is 1. The number of nitrogens with zero attached hydrogens (tertiary/aromatic N) is 2. The Morgan fingerprint density at radius 1 is 1.23 bits per heavy atom. The molecule has 0 saturated carbocycles. The molecule has 0 radical (unpaired) electrons. The van der Waals surface area contributed by atoms with Gasteiger partial charge < -0.3 is 24.7 Å². The fourth-order valence-electron chi connectivity index (χ4n) is 3.54. The van der Waals surface area contributed by atoms with Crippen LogP contribution in [0.1, 0.15) is 18.4 Å². The van der Waals surface area contributed by atoms with Crippen LogP contribution in [0.5, 0.6) is 5.75 Å². The zero-order valence-electron chi connectivity index (χ0n) is 15.2. The van der Waals surface area contributed by atoms with Crippen molar-refractivity contribution in [3.8, 4) is 5.75 Å². The van der Waals surface area contributed by atoms with E-state index in [9.17, 15) is 9.59 Å². The lowest BCUT2D eigenvalue weighted by Gasteiger charge is -2.31. The van der Waals surface area contributed by atoms with Crippen molar-refractivity contribution in [3.05, 3.63) is 40.2 Å². The second-order valence-corrected chi connectivity index (χ2v) is 6.68. The number of fused-ring (bicyclic) bond motifs is 1. The van der Waals surface area contributed by atoms with Gasteiger partial charge in [0.2, 0.25) is 0 Å². The highest BCUT2D eigenvalue weighted by Gasteiger charge is 2.21. The number of amides is 1. The summed E-state index contributed by atoms with van der Waals surface area (Å²) in [4.78, 5) is 25.6. The van der Waals surface area contributed by atoms with Gasteiger partial charge in [-0.05, 0) is 37.5 Å². The van der Waals surface area contributed by atoms with E-state index < -0.39 is 6.09 Å². The van der Waals surface area contributed by atoms with Crippen LogP contribution in [0, 0.1) is 6.92 Å². The number of primary amides is 1. The van der Waals surface area contributed by atoms with Crippen molar-refractivity contribution in [2.45, 2.75) is 32.4 Å². The molecule has 2 heterocycles. The van der Waals surface area contributed by atoms with E-state index in [0.29, 0.717) is 6.54 Å². The number of methoxy groups -OCH3 is 1. The molecule has 0 atom stereocenters. The van der Waals surface area contributed by atoms with Gasteiger partial charge in [-0.15, -0.1) is 0 Å². The summed E-state index contributed by atoms with van der Waals surface area (Å²) in [6, 6.07) is 7.50. The topological polar surface area (TPSA) is 86.8 Å². The molecular formula is C19H25N3O4. The maximum absolute atomic E-state index is 12.5. The van der Waals surface area contributed by atoms with E-state index >= 15 is 0 Å². The van der Waals surface area contributed by atoms with Crippen LogP contribution >= 0.6 is 0 Å². The minimum absolute atomic E-state index is 0.00444. The van der Waals surface area contributed by atoms with Gasteiger partial charge in [0, 0.05) is 43.7 Å². The maximum atomic E-state index is 12.5. The third-order valence-electron chi connectivity index (χ3n) is 4.98. The molecule has 1 amide bonds. The van der Waals surface area contributed by atoms with Crippen LogP contribution in [0.3, 0.4) is 0 Å². The first kappa shape index (κ1) is 18.3. The molecule has 0 spiro atoms. The third kappa shape index (κ3) is 3.99. The molecule has 7 heteroatoms. The Bertz CT molecular complexity index is 854. The van der Waals surface area contributed by atoms with Crippen LogP contribution in [0.15, 0.2) is 29.1 Å². The number of piperidine rings is 1. The second kappa shape index (κ2) is 7.78. The average Bonchev–Trinajstić information content (AvgIpc) is 2.62. The van der Waals surface area contributed by atoms with E-state index in [0.717, 1.165) is 54.7 Å². The highest BCUT2D eigenvalue weighted by Crippen LogP contribution is 2.22. The Labute approximate surface area is 152 Å². The number of rotatable bonds is 5. The predicted molar refractivity (Wildman–Crippen MR) is 99.6 cm³/mol. The molecule has 0 bridgehead atoms. The standard InChI is InChI=1S/C19H25N3O4/c1-13-11-18(23)22(17-12-15(25-2)3-4-16(13)17)10-9-21-7-5-14(6-8-21)26-19(20)24/h3-4,11-12,14H,5-10H2,1-2H3,(H2,20,24). The SMILES string of the molecule is COc1ccc2c(C)cc(=O)n(CCN3CCC(OC(N)=O)CC3)c2c1. The van der Waals surface area contributed by atoms with Gasteiger partial charge in [0.25, 0.3) is 5.56 Å². The summed E-state index contributed by atoms with van der Waals surface area (Å²) in [5.74, 6) is 0.737. The number of likely N-dealkylation sites (tertiary alicyclic amines) is 1. The molecule has 1 aliphatic heterocycles. The maximum Gasteiger partial charge on any atom is 0.404 e. The molecule has 3 rings (SSSR count). The molecule has 2 N–H and O–H groups in total. The van der Waals surface area contributed by atoms with Gasteiger partial charge >= 0.3 is 6.09 Å². The van der Waals surface area contributed by atoms with E-state index in [2.05, 4.69) is 4.90 Å². The first-order chi connectivity index (χ1) is 12.5. The first-order valence-corrected chi connectivity index (χ1v) is 8.84. The minimum Gasteiger partial charge on any atom is -0.497 e. The second-order valence-electron chi connectivity index (χ2n) is 6.68. The van der Waals surface area contributed by atoms with Crippen molar-refractivity contribution >= 4 is 17.0 Å². The molecule has 2 aromatic rings. The van der Waals surface area contributed by atoms with Gasteiger partial charge in [-0.25, -0.2) is 4.79 Å². The summed E-state index contributed by atoms with van der Waals surface area (Å²) >= 11 is 0. The molecule has 0 aliphatic carbocycles. The molecule has 1 saturated heterocycles. The lowest BCUT2D eigenvalue weighted by Crippen LogP contribution is -2.40. The van der Waals surface area contributed by atoms with Crippen molar-refractivity contribution in [2.24, 2.45) is 5.73 Å². The molecule has 1 aromatic heterocycles. The third-order valence-corrected chi connectivity index (χ3v) is 4.98. The van der Waals surface area contributed by atoms with E-state index in [4.69, 9.17) is 15.2 Å². The summed E-state index contributed by atoms with van der Waals surface area (Å²) in [7, 11) is 1.62. The van der Waals surface area contributed by atoms with Crippen LogP contribution < -0.4 is 16.0 Å². The Balaban J connectivity index is 1.73. The summed E-state index contributed by atoms with van der Waals surface area (Å²) in [6.07, 6.45) is 0.715. The number of carbonyl (C=O) groups is 1. The number of hydrogen-bond acceptors (Lipinski definition) is 5. The van der Waals surface area contributed by atoms with Crippen molar-refractivity contribution in [3.63, 3.8) is 0 Å². The quantitative estimate of drug-likeness (QED) is 0.881. The largest absolute Gasteiger partial charge is 0.497 e. The molecule has 0 unspecified atom stereocenters. The number of hydrogen-bond donors (Lipinski definition) is 1. The minimum atomic E-state index is -0.713. The van der Waals surface area contributed by atoms with E-state index in [1.165, 1.54) is 0 Å². The number of benzene rings is 1. The number of aromatic nitrogens is 1. The van der Waals surface area contributed by atoms with E-state index in [1.54, 1.807) is 17.7 Å². The molecule has 1 aromatic carbocycles. The normalized spacial score (nSPS) is 15.9. The van der Waals surface area contributed by atoms with Crippen molar-refractivity contribution in [1.29, 1.82) is 0 Å². The van der Waals surface area contributed by atoms with Gasteiger partial charge in [0.15, 0.2) is 0 Å². The summed E-state index contributed by atoms with van der Waals surface area (Å²) in [5, 5.41) is 1.05. The monoisotopic (exact) mass is 359 g/mol. The van der Waals surface area contributed by atoms with Crippen LogP contribution in [0.4, 0.5) is 4.79 Å². The summed E-state index contributed by atoms with van der Waals surface area (Å²) in [6.45, 7) is 4.95. The first-order valence-electron chi connectivity index (χ1n) is 8.84. The Morgan fingerprint density at radius 2 is 1.96 bits per heavy atom. The van der Waals surface area contributed by atoms with E-state index in [-0.39, 0.29) is 11.7 Å². The number of aryl methyl sites for hydroxylation is 1. The fraction of sp³-hybridized carbons (Fsp3) is 0.474. The molecule has 26 heavy (non-hydrogen) atoms. The molecular weight excluding hydrogens is 334 g/mol. The van der Waals surface area contributed by atoms with Gasteiger partial charge in [-0.1, -0.05) is 0 Å². The van der Waals surface area contributed by atoms with Crippen LogP contribution in [-0.4, -0.2) is 48.4 Å². The van der Waals surface area contributed by atoms with Crippen molar-refractivity contribution < 1.29 is 14.3 Å². The Kier molecular flexibility index (Phi) is 5.46. The fourth-order valence-corrected chi connectivity index (χ4v) is 3.54. The molecule has 1 aliphatic rings. The zero-order valence-corrected chi connectivity index (χ0v) is 15.2. The summed E-state index contributed by atoms with van der Waals surface area (Å²) in [5.41, 5.74) is 6.93. The lowest BCUT2D eigenvalue weighted by molar-refractivity contribution is 0.0554. The number of ether oxygens (including phenoxy) is 2. The molecule has 1 fully saturated rings. The zero-order chi connectivity index (χ0) is 18.7. The highest BCUT2D eigenvalue weighted by atomic mass is 16.6. The number of carbonyl (C=O) groups excluding carboxylic acids is 1. The summed E-state index contributed by atoms with van der Waals surface area (Å²) < 4.78 is 12.2. The lowest BCUT2D eigenvalue weighted by atomic mass is 10.1. The van der Waals surface area contributed by atoms with Crippen molar-refractivity contribution in [1.82, 2.24) is 9.47 Å². The van der Waals surface area contributed by atoms with Crippen LogP contribution in [0.25, 0.3) is 10.9 Å². The van der Waals surface area contributed by atoms with Crippen molar-refractivity contribution in [2.75, 3.05) is 26.7 Å². The van der Waals surface area contributed by atoms with Gasteiger partial charge in [-0.3, -0.25) is 4.79 Å². The van der Waals surface area contributed by atoms with Gasteiger partial charge in [0.05, 0.1) is 12.6 Å². The predicted octanol–water partition coefficient (Wildman–Crippen LogP) is 1.88.